The standard InChI is InChI=1S/C31H24N2O2S/c1-19-11-15-21(16-12-19)28-29(22-17-13-20(2)14-18-22)36-31(32-28)33-30(34)27-23-7-3-5-9-25(23)35-26-10-6-4-8-24(26)27/h3-18,27H,1-2H3,(H,32,33,34). The van der Waals surface area contributed by atoms with Gasteiger partial charge in [-0.05, 0) is 31.5 Å². The normalized spacial score (nSPS) is 12.4. The highest BCUT2D eigenvalue weighted by molar-refractivity contribution is 7.19. The van der Waals surface area contributed by atoms with Crippen molar-refractivity contribution in [2.24, 2.45) is 0 Å². The van der Waals surface area contributed by atoms with Crippen LogP contribution in [-0.2, 0) is 4.79 Å². The van der Waals surface area contributed by atoms with Crippen LogP contribution in [0.4, 0.5) is 5.13 Å². The molecule has 0 spiro atoms. The number of hydrogen-bond acceptors (Lipinski definition) is 4. The fraction of sp³-hybridized carbons (Fsp3) is 0.0968. The molecule has 0 radical (unpaired) electrons. The highest BCUT2D eigenvalue weighted by atomic mass is 32.1. The summed E-state index contributed by atoms with van der Waals surface area (Å²) in [5.41, 5.74) is 7.06. The molecule has 0 aliphatic carbocycles. The third kappa shape index (κ3) is 4.08. The number of fused-ring (bicyclic) bond motifs is 2. The van der Waals surface area contributed by atoms with Crippen molar-refractivity contribution < 1.29 is 9.53 Å². The number of nitrogens with zero attached hydrogens (tertiary/aromatic N) is 1. The van der Waals surface area contributed by atoms with Crippen LogP contribution < -0.4 is 10.1 Å². The van der Waals surface area contributed by atoms with Crippen LogP contribution in [0.25, 0.3) is 21.7 Å². The van der Waals surface area contributed by atoms with E-state index in [-0.39, 0.29) is 5.91 Å². The number of benzene rings is 4. The molecule has 4 aromatic carbocycles. The molecule has 1 aliphatic heterocycles. The second-order valence-electron chi connectivity index (χ2n) is 9.03. The van der Waals surface area contributed by atoms with E-state index in [0.717, 1.165) is 32.8 Å². The Morgan fingerprint density at radius 3 is 1.86 bits per heavy atom. The fourth-order valence-electron chi connectivity index (χ4n) is 4.55. The lowest BCUT2D eigenvalue weighted by molar-refractivity contribution is -0.116. The van der Waals surface area contributed by atoms with Gasteiger partial charge in [-0.1, -0.05) is 107 Å². The molecule has 36 heavy (non-hydrogen) atoms. The SMILES string of the molecule is Cc1ccc(-c2nc(NC(=O)C3c4ccccc4Oc4ccccc43)sc2-c2ccc(C)cc2)cc1. The molecule has 0 saturated carbocycles. The van der Waals surface area contributed by atoms with Crippen LogP contribution in [0.1, 0.15) is 28.2 Å². The van der Waals surface area contributed by atoms with E-state index in [9.17, 15) is 4.79 Å². The number of carbonyl (C=O) groups excluding carboxylic acids is 1. The molecule has 176 valence electrons. The van der Waals surface area contributed by atoms with E-state index in [2.05, 4.69) is 67.7 Å². The highest BCUT2D eigenvalue weighted by Crippen LogP contribution is 2.45. The molecule has 1 aromatic heterocycles. The molecule has 5 aromatic rings. The Morgan fingerprint density at radius 2 is 1.28 bits per heavy atom. The van der Waals surface area contributed by atoms with Crippen LogP contribution in [0.2, 0.25) is 0 Å². The van der Waals surface area contributed by atoms with Gasteiger partial charge in [0.15, 0.2) is 5.13 Å². The zero-order chi connectivity index (χ0) is 24.6. The zero-order valence-corrected chi connectivity index (χ0v) is 20.8. The number of nitrogens with one attached hydrogen (secondary N) is 1. The second kappa shape index (κ2) is 9.10. The number of hydrogen-bond donors (Lipinski definition) is 1. The summed E-state index contributed by atoms with van der Waals surface area (Å²) in [6.45, 7) is 4.15. The Balaban J connectivity index is 1.40. The summed E-state index contributed by atoms with van der Waals surface area (Å²) in [5, 5.41) is 3.71. The van der Waals surface area contributed by atoms with E-state index >= 15 is 0 Å². The quantitative estimate of drug-likeness (QED) is 0.279. The van der Waals surface area contributed by atoms with E-state index in [1.807, 2.05) is 48.5 Å². The van der Waals surface area contributed by atoms with Gasteiger partial charge in [0.2, 0.25) is 5.91 Å². The summed E-state index contributed by atoms with van der Waals surface area (Å²) in [7, 11) is 0. The molecule has 1 amide bonds. The predicted molar refractivity (Wildman–Crippen MR) is 146 cm³/mol. The van der Waals surface area contributed by atoms with Crippen molar-refractivity contribution in [3.8, 4) is 33.2 Å². The van der Waals surface area contributed by atoms with Gasteiger partial charge in [-0.3, -0.25) is 4.79 Å². The van der Waals surface area contributed by atoms with Gasteiger partial charge in [0.25, 0.3) is 0 Å². The molecule has 0 unspecified atom stereocenters. The molecule has 2 heterocycles. The van der Waals surface area contributed by atoms with Gasteiger partial charge in [-0.15, -0.1) is 0 Å². The summed E-state index contributed by atoms with van der Waals surface area (Å²) in [6, 6.07) is 32.2. The molecule has 6 rings (SSSR count). The number of anilines is 1. The van der Waals surface area contributed by atoms with Crippen LogP contribution in [-0.4, -0.2) is 10.9 Å². The minimum atomic E-state index is -0.485. The van der Waals surface area contributed by atoms with Crippen LogP contribution in [0, 0.1) is 13.8 Å². The van der Waals surface area contributed by atoms with Crippen molar-refractivity contribution in [1.29, 1.82) is 0 Å². The summed E-state index contributed by atoms with van der Waals surface area (Å²) < 4.78 is 6.07. The van der Waals surface area contributed by atoms with Gasteiger partial charge in [0.1, 0.15) is 11.5 Å². The Hall–Kier alpha value is -4.22. The number of ether oxygens (including phenoxy) is 1. The topological polar surface area (TPSA) is 51.2 Å². The number of thiazole rings is 1. The lowest BCUT2D eigenvalue weighted by atomic mass is 9.87. The third-order valence-corrected chi connectivity index (χ3v) is 7.46. The number of para-hydroxylation sites is 2. The molecule has 5 heteroatoms. The average Bonchev–Trinajstić information content (AvgIpc) is 3.31. The number of aryl methyl sites for hydroxylation is 2. The lowest BCUT2D eigenvalue weighted by Crippen LogP contribution is -2.25. The van der Waals surface area contributed by atoms with Crippen molar-refractivity contribution in [2.45, 2.75) is 19.8 Å². The van der Waals surface area contributed by atoms with Gasteiger partial charge < -0.3 is 10.1 Å². The van der Waals surface area contributed by atoms with Crippen LogP contribution in [0.3, 0.4) is 0 Å². The van der Waals surface area contributed by atoms with E-state index in [1.165, 1.54) is 22.5 Å². The number of rotatable bonds is 4. The molecule has 0 atom stereocenters. The van der Waals surface area contributed by atoms with E-state index in [1.54, 1.807) is 0 Å². The highest BCUT2D eigenvalue weighted by Gasteiger charge is 2.33. The molecular weight excluding hydrogens is 464 g/mol. The maximum atomic E-state index is 13.8. The van der Waals surface area contributed by atoms with Crippen LogP contribution in [0.5, 0.6) is 11.5 Å². The summed E-state index contributed by atoms with van der Waals surface area (Å²) in [5.74, 6) is 0.797. The first kappa shape index (κ1) is 22.3. The first-order chi connectivity index (χ1) is 17.6. The number of aromatic nitrogens is 1. The maximum absolute atomic E-state index is 13.8. The number of amides is 1. The Bertz CT molecular complexity index is 1460. The van der Waals surface area contributed by atoms with Gasteiger partial charge in [-0.25, -0.2) is 4.98 Å². The first-order valence-electron chi connectivity index (χ1n) is 11.9. The minimum Gasteiger partial charge on any atom is -0.457 e. The lowest BCUT2D eigenvalue weighted by Gasteiger charge is -2.27. The maximum Gasteiger partial charge on any atom is 0.238 e. The van der Waals surface area contributed by atoms with Gasteiger partial charge in [0, 0.05) is 16.7 Å². The molecular formula is C31H24N2O2S. The van der Waals surface area contributed by atoms with Crippen molar-refractivity contribution >= 4 is 22.4 Å². The van der Waals surface area contributed by atoms with Crippen LogP contribution >= 0.6 is 11.3 Å². The Morgan fingerprint density at radius 1 is 0.750 bits per heavy atom. The number of carbonyl (C=O) groups is 1. The molecule has 1 N–H and O–H groups in total. The van der Waals surface area contributed by atoms with Gasteiger partial charge in [-0.2, -0.15) is 0 Å². The van der Waals surface area contributed by atoms with Crippen LogP contribution in [0.15, 0.2) is 97.1 Å². The van der Waals surface area contributed by atoms with Gasteiger partial charge in [0.05, 0.1) is 16.5 Å². The Kier molecular flexibility index (Phi) is 5.62. The largest absolute Gasteiger partial charge is 0.457 e. The fourth-order valence-corrected chi connectivity index (χ4v) is 5.55. The second-order valence-corrected chi connectivity index (χ2v) is 10.0. The molecule has 0 bridgehead atoms. The van der Waals surface area contributed by atoms with E-state index in [0.29, 0.717) is 16.6 Å². The molecule has 1 aliphatic rings. The summed E-state index contributed by atoms with van der Waals surface area (Å²) in [6.07, 6.45) is 0. The zero-order valence-electron chi connectivity index (χ0n) is 20.0. The third-order valence-electron chi connectivity index (χ3n) is 6.44. The van der Waals surface area contributed by atoms with Crippen molar-refractivity contribution in [2.75, 3.05) is 5.32 Å². The molecule has 4 nitrogen and oxygen atoms in total. The Labute approximate surface area is 214 Å². The van der Waals surface area contributed by atoms with Crippen molar-refractivity contribution in [3.63, 3.8) is 0 Å². The van der Waals surface area contributed by atoms with Gasteiger partial charge >= 0.3 is 0 Å². The monoisotopic (exact) mass is 488 g/mol. The summed E-state index contributed by atoms with van der Waals surface area (Å²) >= 11 is 1.50. The first-order valence-corrected chi connectivity index (χ1v) is 12.7. The smallest absolute Gasteiger partial charge is 0.238 e. The van der Waals surface area contributed by atoms with Crippen molar-refractivity contribution in [1.82, 2.24) is 4.98 Å². The summed E-state index contributed by atoms with van der Waals surface area (Å²) in [4.78, 5) is 19.7. The van der Waals surface area contributed by atoms with Crippen molar-refractivity contribution in [3.05, 3.63) is 119 Å². The van der Waals surface area contributed by atoms with E-state index < -0.39 is 5.92 Å². The molecule has 0 fully saturated rings. The predicted octanol–water partition coefficient (Wildman–Crippen LogP) is 7.97. The van der Waals surface area contributed by atoms with E-state index in [4.69, 9.17) is 9.72 Å². The molecule has 0 saturated heterocycles. The minimum absolute atomic E-state index is 0.127. The average molecular weight is 489 g/mol.